The fraction of sp³-hybridized carbons (Fsp3) is 0.714. The van der Waals surface area contributed by atoms with Crippen LogP contribution in [0.3, 0.4) is 0 Å². The van der Waals surface area contributed by atoms with Gasteiger partial charge in [-0.25, -0.2) is 0 Å². The molecular weight excluding hydrogens is 268 g/mol. The number of ether oxygens (including phenoxy) is 1. The first-order chi connectivity index (χ1) is 8.08. The van der Waals surface area contributed by atoms with Crippen LogP contribution in [-0.4, -0.2) is 50.4 Å². The Balaban J connectivity index is 0. The van der Waals surface area contributed by atoms with Crippen molar-refractivity contribution in [2.75, 3.05) is 25.6 Å². The Bertz CT molecular complexity index is 256. The van der Waals surface area contributed by atoms with Gasteiger partial charge in [-0.3, -0.25) is 4.46 Å². The van der Waals surface area contributed by atoms with Gasteiger partial charge in [-0.15, -0.1) is 11.6 Å². The number of hydrogen-bond acceptors (Lipinski definition) is 6. The van der Waals surface area contributed by atoms with Crippen LogP contribution in [0.4, 0.5) is 0 Å². The molecular formula is C7H13ClN4O4Si. The molecule has 0 spiro atoms. The molecule has 1 fully saturated rings. The first-order valence-corrected chi connectivity index (χ1v) is 6.25. The Hall–Kier alpha value is -1.55. The minimum absolute atomic E-state index is 0.400. The highest BCUT2D eigenvalue weighted by Crippen LogP contribution is 2.08. The molecule has 1 aliphatic heterocycles. The van der Waals surface area contributed by atoms with Gasteiger partial charge in [0, 0.05) is 13.1 Å². The van der Waals surface area contributed by atoms with E-state index in [1.807, 2.05) is 0 Å². The van der Waals surface area contributed by atoms with E-state index in [0.29, 0.717) is 25.1 Å². The molecule has 8 nitrogen and oxygen atoms in total. The van der Waals surface area contributed by atoms with Crippen LogP contribution in [0.5, 0.6) is 0 Å². The van der Waals surface area contributed by atoms with Crippen LogP contribution < -0.4 is 10.6 Å². The van der Waals surface area contributed by atoms with Crippen molar-refractivity contribution in [2.45, 2.75) is 6.10 Å². The topological polar surface area (TPSA) is 142 Å². The van der Waals surface area contributed by atoms with Gasteiger partial charge in [0.15, 0.2) is 12.4 Å². The third kappa shape index (κ3) is 31.4. The van der Waals surface area contributed by atoms with Crippen molar-refractivity contribution in [3.8, 4) is 12.4 Å². The fourth-order valence-electron chi connectivity index (χ4n) is 0.394. The number of hydrogen-bond donors (Lipinski definition) is 4. The standard InChI is InChI=1S/C4H6N4.C3H5ClO.H2O3Si/c5-3-7-1-2-8-4-6;4-1-3-2-5-3;1-4(2)3/h7-8H,1-2H2;3H,1-2H2;1-2H. The van der Waals surface area contributed by atoms with Gasteiger partial charge in [0.2, 0.25) is 0 Å². The SMILES string of the molecule is ClCC1CO1.N#CNCCNC#N.O=[Si](O)O. The van der Waals surface area contributed by atoms with Gasteiger partial charge in [-0.1, -0.05) is 0 Å². The van der Waals surface area contributed by atoms with Crippen molar-refractivity contribution in [1.29, 1.82) is 10.5 Å². The van der Waals surface area contributed by atoms with E-state index in [1.165, 1.54) is 0 Å². The molecule has 1 heterocycles. The summed E-state index contributed by atoms with van der Waals surface area (Å²) in [5.41, 5.74) is 0. The maximum Gasteiger partial charge on any atom is 0.761 e. The van der Waals surface area contributed by atoms with Gasteiger partial charge in [-0.2, -0.15) is 10.5 Å². The number of nitrogens with one attached hydrogen (secondary N) is 2. The molecule has 1 atom stereocenters. The molecule has 96 valence electrons. The number of nitriles is 2. The lowest BCUT2D eigenvalue weighted by Gasteiger charge is -1.90. The summed E-state index contributed by atoms with van der Waals surface area (Å²) in [6, 6.07) is 0. The molecule has 0 aromatic carbocycles. The van der Waals surface area contributed by atoms with E-state index in [2.05, 4.69) is 10.6 Å². The molecule has 0 aromatic heterocycles. The van der Waals surface area contributed by atoms with Crippen LogP contribution in [0.15, 0.2) is 0 Å². The summed E-state index contributed by atoms with van der Waals surface area (Å²) in [6.45, 7) is 1.89. The molecule has 1 unspecified atom stereocenters. The molecule has 0 bridgehead atoms. The molecule has 10 heteroatoms. The Labute approximate surface area is 105 Å². The number of alkyl halides is 1. The summed E-state index contributed by atoms with van der Waals surface area (Å²) in [5.74, 6) is 0.667. The van der Waals surface area contributed by atoms with Crippen molar-refractivity contribution in [2.24, 2.45) is 0 Å². The second-order valence-electron chi connectivity index (χ2n) is 2.47. The highest BCUT2D eigenvalue weighted by atomic mass is 35.5. The molecule has 0 aromatic rings. The van der Waals surface area contributed by atoms with Crippen LogP contribution >= 0.6 is 11.6 Å². The second kappa shape index (κ2) is 14.4. The van der Waals surface area contributed by atoms with Crippen LogP contribution in [0, 0.1) is 22.9 Å². The summed E-state index contributed by atoms with van der Waals surface area (Å²) in [5, 5.41) is 20.5. The Morgan fingerprint density at radius 1 is 1.35 bits per heavy atom. The predicted molar refractivity (Wildman–Crippen MR) is 58.6 cm³/mol. The first kappa shape index (κ1) is 17.8. The van der Waals surface area contributed by atoms with E-state index in [1.54, 1.807) is 12.4 Å². The Morgan fingerprint density at radius 3 is 1.82 bits per heavy atom. The van der Waals surface area contributed by atoms with Crippen molar-refractivity contribution < 1.29 is 18.8 Å². The number of nitrogens with zero attached hydrogens (tertiary/aromatic N) is 2. The largest absolute Gasteiger partial charge is 0.761 e. The van der Waals surface area contributed by atoms with Gasteiger partial charge >= 0.3 is 9.17 Å². The highest BCUT2D eigenvalue weighted by Gasteiger charge is 2.19. The molecule has 4 N–H and O–H groups in total. The number of halogens is 1. The van der Waals surface area contributed by atoms with Gasteiger partial charge in [0.1, 0.15) is 0 Å². The van der Waals surface area contributed by atoms with Crippen LogP contribution in [0.25, 0.3) is 0 Å². The number of epoxide rings is 1. The van der Waals surface area contributed by atoms with E-state index in [9.17, 15) is 0 Å². The Morgan fingerprint density at radius 2 is 1.71 bits per heavy atom. The van der Waals surface area contributed by atoms with Crippen LogP contribution in [0.1, 0.15) is 0 Å². The van der Waals surface area contributed by atoms with Crippen LogP contribution in [-0.2, 0) is 9.20 Å². The lowest BCUT2D eigenvalue weighted by Crippen LogP contribution is -2.20. The zero-order chi connectivity index (χ0) is 13.5. The first-order valence-electron chi connectivity index (χ1n) is 4.41. The summed E-state index contributed by atoms with van der Waals surface area (Å²) in [7, 11) is -3.13. The Kier molecular flexibility index (Phi) is 15.2. The molecule has 0 radical (unpaired) electrons. The summed E-state index contributed by atoms with van der Waals surface area (Å²) >= 11 is 5.27. The van der Waals surface area contributed by atoms with Gasteiger partial charge < -0.3 is 25.0 Å². The molecule has 0 aliphatic carbocycles. The number of rotatable bonds is 4. The third-order valence-electron chi connectivity index (χ3n) is 1.11. The lowest BCUT2D eigenvalue weighted by molar-refractivity contribution is 0.330. The highest BCUT2D eigenvalue weighted by molar-refractivity contribution is 6.22. The van der Waals surface area contributed by atoms with Crippen molar-refractivity contribution in [3.05, 3.63) is 0 Å². The van der Waals surface area contributed by atoms with E-state index < -0.39 is 9.17 Å². The van der Waals surface area contributed by atoms with Gasteiger partial charge in [0.25, 0.3) is 0 Å². The summed E-state index contributed by atoms with van der Waals surface area (Å²) < 4.78 is 13.5. The maximum atomic E-state index is 8.74. The minimum Gasteiger partial charge on any atom is -0.511 e. The molecule has 1 rings (SSSR count). The van der Waals surface area contributed by atoms with Crippen molar-refractivity contribution in [3.63, 3.8) is 0 Å². The quantitative estimate of drug-likeness (QED) is 0.117. The molecule has 0 saturated carbocycles. The van der Waals surface area contributed by atoms with Crippen molar-refractivity contribution >= 4 is 20.8 Å². The second-order valence-corrected chi connectivity index (χ2v) is 3.34. The van der Waals surface area contributed by atoms with E-state index >= 15 is 0 Å². The predicted octanol–water partition coefficient (Wildman–Crippen LogP) is -1.86. The zero-order valence-corrected chi connectivity index (χ0v) is 10.6. The molecule has 1 saturated heterocycles. The lowest BCUT2D eigenvalue weighted by atomic mass is 10.6. The van der Waals surface area contributed by atoms with E-state index in [0.717, 1.165) is 6.61 Å². The van der Waals surface area contributed by atoms with Crippen molar-refractivity contribution in [1.82, 2.24) is 10.6 Å². The van der Waals surface area contributed by atoms with Gasteiger partial charge in [0.05, 0.1) is 18.6 Å². The minimum atomic E-state index is -3.13. The molecule has 17 heavy (non-hydrogen) atoms. The normalized spacial score (nSPS) is 14.4. The van der Waals surface area contributed by atoms with E-state index in [-0.39, 0.29) is 0 Å². The monoisotopic (exact) mass is 280 g/mol. The van der Waals surface area contributed by atoms with Crippen LogP contribution in [0.2, 0.25) is 0 Å². The average Bonchev–Trinajstić information content (AvgIpc) is 3.08. The van der Waals surface area contributed by atoms with E-state index in [4.69, 9.17) is 40.9 Å². The van der Waals surface area contributed by atoms with Gasteiger partial charge in [-0.05, 0) is 0 Å². The fourth-order valence-corrected chi connectivity index (χ4v) is 0.572. The third-order valence-corrected chi connectivity index (χ3v) is 1.45. The smallest absolute Gasteiger partial charge is 0.511 e. The molecule has 1 aliphatic rings. The maximum absolute atomic E-state index is 8.74. The molecule has 0 amide bonds. The zero-order valence-electron chi connectivity index (χ0n) is 8.89. The average molecular weight is 281 g/mol. The summed E-state index contributed by atoms with van der Waals surface area (Å²) in [4.78, 5) is 14.3. The summed E-state index contributed by atoms with van der Waals surface area (Å²) in [6.07, 6.45) is 3.85.